The largest absolute Gasteiger partial charge is 0.469 e. The Kier molecular flexibility index (Phi) is 7.57. The van der Waals surface area contributed by atoms with Gasteiger partial charge in [-0.3, -0.25) is 19.2 Å². The third kappa shape index (κ3) is 4.42. The third-order valence-electron chi connectivity index (χ3n) is 7.88. The molecule has 0 radical (unpaired) electrons. The molecular formula is C28H30N2O6S2. The van der Waals surface area contributed by atoms with Gasteiger partial charge in [-0.15, -0.1) is 11.8 Å². The van der Waals surface area contributed by atoms with Gasteiger partial charge in [0.05, 0.1) is 18.4 Å². The average Bonchev–Trinajstić information content (AvgIpc) is 3.42. The highest BCUT2D eigenvalue weighted by atomic mass is 32.2. The molecule has 38 heavy (non-hydrogen) atoms. The molecule has 3 N–H and O–H groups in total. The number of fused-ring (bicyclic) bond motifs is 4. The standard InChI is InChI=1S/C28H30N2O6S2/c1-36-21(31)14-8-13-19-22-23(32)27(16-38-22,30-26(34)18-11-6-3-7-12-18)28(35)20(15-37-24(19)28)29-25(33)17-9-4-2-5-10-17/h2-7,9-12,19-20,22,24,35H,8,13-16H2,1H3,(H,29,33)(H,30,34)/t19-,20-,22-,24+,27+,28-/m1/s1. The highest BCUT2D eigenvalue weighted by Crippen LogP contribution is 2.59. The molecule has 5 rings (SSSR count). The number of ether oxygens (including phenoxy) is 1. The molecule has 2 aromatic rings. The molecule has 2 heterocycles. The zero-order valence-corrected chi connectivity index (χ0v) is 22.6. The Balaban J connectivity index is 1.49. The molecule has 2 saturated heterocycles. The van der Waals surface area contributed by atoms with Crippen molar-refractivity contribution < 1.29 is 29.0 Å². The summed E-state index contributed by atoms with van der Waals surface area (Å²) in [5.74, 6) is -0.976. The van der Waals surface area contributed by atoms with Gasteiger partial charge in [0, 0.05) is 34.3 Å². The highest BCUT2D eigenvalue weighted by Gasteiger charge is 2.75. The maximum absolute atomic E-state index is 14.1. The fraction of sp³-hybridized carbons (Fsp3) is 0.429. The van der Waals surface area contributed by atoms with Crippen molar-refractivity contribution in [3.63, 3.8) is 0 Å². The summed E-state index contributed by atoms with van der Waals surface area (Å²) in [4.78, 5) is 52.3. The van der Waals surface area contributed by atoms with Crippen LogP contribution >= 0.6 is 23.5 Å². The first-order valence-electron chi connectivity index (χ1n) is 12.6. The molecule has 2 bridgehead atoms. The van der Waals surface area contributed by atoms with E-state index in [1.54, 1.807) is 54.6 Å². The zero-order valence-electron chi connectivity index (χ0n) is 20.9. The summed E-state index contributed by atoms with van der Waals surface area (Å²) >= 11 is 2.95. The Bertz CT molecular complexity index is 1230. The summed E-state index contributed by atoms with van der Waals surface area (Å²) in [5.41, 5.74) is -2.45. The van der Waals surface area contributed by atoms with Crippen molar-refractivity contribution in [3.05, 3.63) is 71.8 Å². The van der Waals surface area contributed by atoms with Crippen molar-refractivity contribution in [2.45, 2.75) is 46.9 Å². The van der Waals surface area contributed by atoms with Gasteiger partial charge in [0.2, 0.25) is 0 Å². The lowest BCUT2D eigenvalue weighted by molar-refractivity contribution is -0.145. The van der Waals surface area contributed by atoms with Crippen LogP contribution in [0.3, 0.4) is 0 Å². The van der Waals surface area contributed by atoms with Crippen LogP contribution in [0, 0.1) is 5.92 Å². The van der Waals surface area contributed by atoms with Crippen LogP contribution in [-0.4, -0.2) is 75.0 Å². The fourth-order valence-electron chi connectivity index (χ4n) is 5.96. The van der Waals surface area contributed by atoms with Gasteiger partial charge >= 0.3 is 5.97 Å². The number of benzene rings is 2. The van der Waals surface area contributed by atoms with E-state index in [0.29, 0.717) is 29.7 Å². The van der Waals surface area contributed by atoms with Crippen molar-refractivity contribution in [3.8, 4) is 0 Å². The van der Waals surface area contributed by atoms with E-state index in [9.17, 15) is 24.3 Å². The van der Waals surface area contributed by atoms with Crippen molar-refractivity contribution in [2.75, 3.05) is 18.6 Å². The quantitative estimate of drug-likeness (QED) is 0.426. The van der Waals surface area contributed by atoms with Crippen LogP contribution in [0.5, 0.6) is 0 Å². The van der Waals surface area contributed by atoms with Gasteiger partial charge in [0.15, 0.2) is 5.78 Å². The lowest BCUT2D eigenvalue weighted by Gasteiger charge is -2.52. The number of hydrogen-bond acceptors (Lipinski definition) is 8. The number of carbonyl (C=O) groups is 4. The van der Waals surface area contributed by atoms with Crippen LogP contribution in [-0.2, 0) is 14.3 Å². The topological polar surface area (TPSA) is 122 Å². The van der Waals surface area contributed by atoms with Gasteiger partial charge < -0.3 is 20.5 Å². The van der Waals surface area contributed by atoms with E-state index in [4.69, 9.17) is 4.74 Å². The predicted octanol–water partition coefficient (Wildman–Crippen LogP) is 2.46. The van der Waals surface area contributed by atoms with Crippen LogP contribution in [0.1, 0.15) is 40.0 Å². The van der Waals surface area contributed by atoms with Gasteiger partial charge in [-0.1, -0.05) is 36.4 Å². The number of methoxy groups -OCH3 is 1. The summed E-state index contributed by atoms with van der Waals surface area (Å²) in [6.07, 6.45) is 1.28. The number of aliphatic hydroxyl groups is 1. The summed E-state index contributed by atoms with van der Waals surface area (Å²) in [5, 5.41) is 17.7. The van der Waals surface area contributed by atoms with Crippen molar-refractivity contribution in [2.24, 2.45) is 5.92 Å². The lowest BCUT2D eigenvalue weighted by Crippen LogP contribution is -2.80. The molecule has 2 amide bonds. The van der Waals surface area contributed by atoms with Gasteiger partial charge in [0.25, 0.3) is 11.8 Å². The molecule has 1 saturated carbocycles. The van der Waals surface area contributed by atoms with Gasteiger partial charge in [-0.2, -0.15) is 11.8 Å². The summed E-state index contributed by atoms with van der Waals surface area (Å²) < 4.78 is 4.77. The molecule has 3 fully saturated rings. The molecular weight excluding hydrogens is 524 g/mol. The number of hydrogen-bond donors (Lipinski definition) is 3. The number of amides is 2. The minimum Gasteiger partial charge on any atom is -0.469 e. The van der Waals surface area contributed by atoms with E-state index < -0.39 is 33.6 Å². The van der Waals surface area contributed by atoms with E-state index in [1.807, 2.05) is 6.07 Å². The SMILES string of the molecule is COC(=O)CCC[C@@H]1[C@H]2SC[C@](NC(=O)c3ccccc3)(C2=O)[C@@]2(O)[C@H](NC(=O)c3ccccc3)CS[C@@H]12. The van der Waals surface area contributed by atoms with Crippen LogP contribution in [0.2, 0.25) is 0 Å². The number of Topliss-reactive ketones (excluding diaryl/α,β-unsaturated/α-hetero) is 1. The van der Waals surface area contributed by atoms with Crippen LogP contribution in [0.25, 0.3) is 0 Å². The first-order chi connectivity index (χ1) is 18.3. The number of ketones is 1. The number of nitrogens with one attached hydrogen (secondary N) is 2. The number of thioether (sulfide) groups is 2. The molecule has 1 aliphatic carbocycles. The average molecular weight is 555 g/mol. The van der Waals surface area contributed by atoms with Crippen LogP contribution in [0.4, 0.5) is 0 Å². The first kappa shape index (κ1) is 26.8. The third-order valence-corrected chi connectivity index (χ3v) is 11.0. The van der Waals surface area contributed by atoms with Crippen LogP contribution in [0.15, 0.2) is 60.7 Å². The Morgan fingerprint density at radius 2 is 1.63 bits per heavy atom. The van der Waals surface area contributed by atoms with E-state index in [-0.39, 0.29) is 35.8 Å². The van der Waals surface area contributed by atoms with Gasteiger partial charge in [-0.05, 0) is 43.0 Å². The van der Waals surface area contributed by atoms with Crippen molar-refractivity contribution in [1.82, 2.24) is 10.6 Å². The molecule has 0 aromatic heterocycles. The maximum atomic E-state index is 14.1. The molecule has 3 aliphatic rings. The number of carbonyl (C=O) groups excluding carboxylic acids is 4. The Morgan fingerprint density at radius 3 is 2.26 bits per heavy atom. The van der Waals surface area contributed by atoms with E-state index >= 15 is 0 Å². The molecule has 0 unspecified atom stereocenters. The number of rotatable bonds is 8. The van der Waals surface area contributed by atoms with E-state index in [1.165, 1.54) is 30.6 Å². The second-order valence-corrected chi connectivity index (χ2v) is 12.2. The second kappa shape index (κ2) is 10.7. The first-order valence-corrected chi connectivity index (χ1v) is 14.7. The van der Waals surface area contributed by atoms with Gasteiger partial charge in [-0.25, -0.2) is 0 Å². The zero-order chi connectivity index (χ0) is 26.9. The summed E-state index contributed by atoms with van der Waals surface area (Å²) in [7, 11) is 1.34. The Morgan fingerprint density at radius 1 is 1.00 bits per heavy atom. The van der Waals surface area contributed by atoms with Crippen LogP contribution < -0.4 is 10.6 Å². The van der Waals surface area contributed by atoms with Gasteiger partial charge in [0.1, 0.15) is 11.1 Å². The van der Waals surface area contributed by atoms with Crippen molar-refractivity contribution in [1.29, 1.82) is 0 Å². The smallest absolute Gasteiger partial charge is 0.305 e. The Hall–Kier alpha value is -2.82. The van der Waals surface area contributed by atoms with Crippen molar-refractivity contribution >= 4 is 47.1 Å². The monoisotopic (exact) mass is 554 g/mol. The molecule has 2 aliphatic heterocycles. The second-order valence-electron chi connectivity index (χ2n) is 9.92. The minimum absolute atomic E-state index is 0.202. The molecule has 0 spiro atoms. The minimum atomic E-state index is -1.72. The normalized spacial score (nSPS) is 31.4. The molecule has 8 nitrogen and oxygen atoms in total. The lowest BCUT2D eigenvalue weighted by atomic mass is 9.61. The fourth-order valence-corrected chi connectivity index (χ4v) is 9.72. The molecule has 10 heteroatoms. The van der Waals surface area contributed by atoms with E-state index in [2.05, 4.69) is 10.6 Å². The number of esters is 1. The molecule has 2 aromatic carbocycles. The molecule has 200 valence electrons. The maximum Gasteiger partial charge on any atom is 0.305 e. The Labute approximate surface area is 229 Å². The predicted molar refractivity (Wildman–Crippen MR) is 146 cm³/mol. The summed E-state index contributed by atoms with van der Waals surface area (Å²) in [6, 6.07) is 16.5. The highest BCUT2D eigenvalue weighted by molar-refractivity contribution is 8.02. The molecule has 6 atom stereocenters. The van der Waals surface area contributed by atoms with E-state index in [0.717, 1.165) is 0 Å². The summed E-state index contributed by atoms with van der Waals surface area (Å²) in [6.45, 7) is 0.